The molecule has 0 aromatic heterocycles. The van der Waals surface area contributed by atoms with Crippen molar-refractivity contribution < 1.29 is 14.4 Å². The van der Waals surface area contributed by atoms with Crippen LogP contribution in [0.1, 0.15) is 18.9 Å². The highest BCUT2D eigenvalue weighted by Crippen LogP contribution is 2.38. The molecule has 0 saturated carbocycles. The van der Waals surface area contributed by atoms with Gasteiger partial charge in [-0.05, 0) is 36.8 Å². The monoisotopic (exact) mass is 388 g/mol. The Hall–Kier alpha value is -3.20. The predicted octanol–water partition coefficient (Wildman–Crippen LogP) is 3.71. The largest absolute Gasteiger partial charge is 0.493 e. The van der Waals surface area contributed by atoms with E-state index < -0.39 is 4.92 Å². The van der Waals surface area contributed by atoms with Crippen LogP contribution in [0.2, 0.25) is 0 Å². The molecule has 2 rings (SSSR count). The van der Waals surface area contributed by atoms with Gasteiger partial charge in [0.1, 0.15) is 0 Å². The van der Waals surface area contributed by atoms with Crippen LogP contribution in [0.3, 0.4) is 0 Å². The molecule has 0 saturated heterocycles. The van der Waals surface area contributed by atoms with E-state index in [2.05, 4.69) is 15.8 Å². The number of nitrogens with one attached hydrogen (secondary N) is 2. The van der Waals surface area contributed by atoms with Gasteiger partial charge >= 0.3 is 5.69 Å². The van der Waals surface area contributed by atoms with Crippen molar-refractivity contribution >= 4 is 34.9 Å². The zero-order chi connectivity index (χ0) is 19.6. The van der Waals surface area contributed by atoms with Gasteiger partial charge in [-0.1, -0.05) is 25.1 Å². The molecule has 0 aliphatic rings. The van der Waals surface area contributed by atoms with Crippen molar-refractivity contribution in [3.8, 4) is 11.5 Å². The van der Waals surface area contributed by atoms with Gasteiger partial charge in [-0.2, -0.15) is 5.10 Å². The number of hydrogen-bond acceptors (Lipinski definition) is 6. The van der Waals surface area contributed by atoms with Gasteiger partial charge in [0.05, 0.1) is 24.9 Å². The van der Waals surface area contributed by atoms with Crippen LogP contribution in [0.5, 0.6) is 11.5 Å². The molecule has 0 spiro atoms. The molecule has 0 aliphatic carbocycles. The number of nitro groups is 1. The topological polar surface area (TPSA) is 98.0 Å². The maximum atomic E-state index is 11.4. The molecule has 0 radical (unpaired) electrons. The summed E-state index contributed by atoms with van der Waals surface area (Å²) in [4.78, 5) is 10.9. The average molecular weight is 388 g/mol. The van der Waals surface area contributed by atoms with Crippen LogP contribution in [0.25, 0.3) is 0 Å². The van der Waals surface area contributed by atoms with E-state index in [0.717, 1.165) is 12.1 Å². The third-order valence-corrected chi connectivity index (χ3v) is 3.53. The molecule has 0 aliphatic heterocycles. The highest BCUT2D eigenvalue weighted by atomic mass is 32.1. The highest BCUT2D eigenvalue weighted by Gasteiger charge is 2.21. The van der Waals surface area contributed by atoms with Crippen molar-refractivity contribution in [2.24, 2.45) is 5.10 Å². The fourth-order valence-electron chi connectivity index (χ4n) is 2.17. The molecular weight excluding hydrogens is 368 g/mol. The molecule has 0 bridgehead atoms. The van der Waals surface area contributed by atoms with Gasteiger partial charge < -0.3 is 14.8 Å². The van der Waals surface area contributed by atoms with E-state index in [1.54, 1.807) is 6.07 Å². The zero-order valence-electron chi connectivity index (χ0n) is 15.0. The van der Waals surface area contributed by atoms with E-state index >= 15 is 0 Å². The van der Waals surface area contributed by atoms with Crippen molar-refractivity contribution in [1.29, 1.82) is 0 Å². The van der Waals surface area contributed by atoms with E-state index in [1.165, 1.54) is 19.4 Å². The molecule has 2 aromatic rings. The van der Waals surface area contributed by atoms with Gasteiger partial charge in [-0.25, -0.2) is 0 Å². The average Bonchev–Trinajstić information content (AvgIpc) is 2.66. The van der Waals surface area contributed by atoms with Crippen LogP contribution in [0.4, 0.5) is 11.4 Å². The van der Waals surface area contributed by atoms with Crippen LogP contribution in [-0.2, 0) is 0 Å². The lowest BCUT2D eigenvalue weighted by Crippen LogP contribution is -2.23. The third-order valence-electron chi connectivity index (χ3n) is 3.34. The number of nitro benzene ring substituents is 1. The molecule has 0 heterocycles. The highest BCUT2D eigenvalue weighted by molar-refractivity contribution is 7.80. The van der Waals surface area contributed by atoms with Crippen molar-refractivity contribution in [2.45, 2.75) is 13.3 Å². The number of benzene rings is 2. The Kier molecular flexibility index (Phi) is 7.50. The second-order valence-electron chi connectivity index (χ2n) is 5.37. The molecule has 8 nitrogen and oxygen atoms in total. The minimum absolute atomic E-state index is 0.107. The van der Waals surface area contributed by atoms with Crippen LogP contribution < -0.4 is 20.2 Å². The Morgan fingerprint density at radius 1 is 1.33 bits per heavy atom. The van der Waals surface area contributed by atoms with Gasteiger partial charge in [0.2, 0.25) is 5.75 Å². The van der Waals surface area contributed by atoms with Gasteiger partial charge in [0.25, 0.3) is 0 Å². The lowest BCUT2D eigenvalue weighted by Gasteiger charge is -2.11. The molecule has 0 amide bonds. The van der Waals surface area contributed by atoms with E-state index in [0.29, 0.717) is 17.3 Å². The summed E-state index contributed by atoms with van der Waals surface area (Å²) < 4.78 is 10.7. The summed E-state index contributed by atoms with van der Waals surface area (Å²) in [5.41, 5.74) is 3.77. The predicted molar refractivity (Wildman–Crippen MR) is 109 cm³/mol. The second kappa shape index (κ2) is 10.1. The number of methoxy groups -OCH3 is 1. The Morgan fingerprint density at radius 2 is 2.07 bits per heavy atom. The lowest BCUT2D eigenvalue weighted by molar-refractivity contribution is -0.386. The number of thiocarbonyl (C=S) groups is 1. The summed E-state index contributed by atoms with van der Waals surface area (Å²) in [5, 5.41) is 18.6. The summed E-state index contributed by atoms with van der Waals surface area (Å²) >= 11 is 5.15. The molecule has 0 fully saturated rings. The first-order valence-electron chi connectivity index (χ1n) is 8.19. The van der Waals surface area contributed by atoms with Gasteiger partial charge in [-0.15, -0.1) is 0 Å². The molecule has 2 aromatic carbocycles. The van der Waals surface area contributed by atoms with Gasteiger partial charge in [-0.3, -0.25) is 15.5 Å². The standard InChI is InChI=1S/C18H20N4O4S/c1-3-9-26-17-15(22(23)24)10-13(11-16(17)25-2)12-19-21-18(27)20-14-7-5-4-6-8-14/h4-8,10-12H,3,9H2,1-2H3,(H2,20,21,27)/b19-12+. The van der Waals surface area contributed by atoms with Crippen molar-refractivity contribution in [3.63, 3.8) is 0 Å². The first kappa shape index (κ1) is 20.1. The Labute approximate surface area is 162 Å². The van der Waals surface area contributed by atoms with E-state index in [9.17, 15) is 10.1 Å². The first-order chi connectivity index (χ1) is 13.0. The maximum Gasteiger partial charge on any atom is 0.315 e. The van der Waals surface area contributed by atoms with Gasteiger partial charge in [0.15, 0.2) is 10.9 Å². The molecule has 27 heavy (non-hydrogen) atoms. The maximum absolute atomic E-state index is 11.4. The van der Waals surface area contributed by atoms with Crippen molar-refractivity contribution in [3.05, 3.63) is 58.1 Å². The smallest absolute Gasteiger partial charge is 0.315 e. The van der Waals surface area contributed by atoms with Crippen LogP contribution in [0.15, 0.2) is 47.6 Å². The number of ether oxygens (including phenoxy) is 2. The lowest BCUT2D eigenvalue weighted by atomic mass is 10.2. The number of rotatable bonds is 8. The molecule has 142 valence electrons. The van der Waals surface area contributed by atoms with Crippen LogP contribution in [0, 0.1) is 10.1 Å². The van der Waals surface area contributed by atoms with E-state index in [1.807, 2.05) is 37.3 Å². The molecule has 0 atom stereocenters. The fraction of sp³-hybridized carbons (Fsp3) is 0.222. The SMILES string of the molecule is CCCOc1c(OC)cc(/C=N/NC(=S)Nc2ccccc2)cc1[N+](=O)[O-]. The second-order valence-corrected chi connectivity index (χ2v) is 5.78. The number of anilines is 1. The minimum atomic E-state index is -0.514. The summed E-state index contributed by atoms with van der Waals surface area (Å²) in [6.07, 6.45) is 2.14. The molecule has 9 heteroatoms. The van der Waals surface area contributed by atoms with E-state index in [-0.39, 0.29) is 17.2 Å². The minimum Gasteiger partial charge on any atom is -0.493 e. The van der Waals surface area contributed by atoms with Crippen molar-refractivity contribution in [1.82, 2.24) is 5.43 Å². The number of para-hydroxylation sites is 1. The van der Waals surface area contributed by atoms with Gasteiger partial charge in [0, 0.05) is 17.3 Å². The molecule has 0 unspecified atom stereocenters. The summed E-state index contributed by atoms with van der Waals surface area (Å²) in [6.45, 7) is 2.27. The Bertz CT molecular complexity index is 828. The zero-order valence-corrected chi connectivity index (χ0v) is 15.8. The normalized spacial score (nSPS) is 10.4. The number of hydrazone groups is 1. The Balaban J connectivity index is 2.13. The van der Waals surface area contributed by atoms with Crippen LogP contribution >= 0.6 is 12.2 Å². The van der Waals surface area contributed by atoms with E-state index in [4.69, 9.17) is 21.7 Å². The number of hydrogen-bond donors (Lipinski definition) is 2. The Morgan fingerprint density at radius 3 is 2.70 bits per heavy atom. The summed E-state index contributed by atoms with van der Waals surface area (Å²) in [7, 11) is 1.43. The summed E-state index contributed by atoms with van der Waals surface area (Å²) in [6, 6.07) is 12.3. The molecule has 2 N–H and O–H groups in total. The van der Waals surface area contributed by atoms with Crippen LogP contribution in [-0.4, -0.2) is 30.0 Å². The fourth-order valence-corrected chi connectivity index (χ4v) is 2.34. The molecular formula is C18H20N4O4S. The number of nitrogens with zero attached hydrogens (tertiary/aromatic N) is 2. The summed E-state index contributed by atoms with van der Waals surface area (Å²) in [5.74, 6) is 0.375. The quantitative estimate of drug-likeness (QED) is 0.308. The van der Waals surface area contributed by atoms with Crippen molar-refractivity contribution in [2.75, 3.05) is 19.0 Å². The third kappa shape index (κ3) is 5.93. The first-order valence-corrected chi connectivity index (χ1v) is 8.60.